The van der Waals surface area contributed by atoms with Crippen molar-refractivity contribution in [1.29, 1.82) is 0 Å². The summed E-state index contributed by atoms with van der Waals surface area (Å²) in [6.07, 6.45) is -1.22. The van der Waals surface area contributed by atoms with Gasteiger partial charge in [-0.05, 0) is 20.8 Å². The van der Waals surface area contributed by atoms with Crippen molar-refractivity contribution < 1.29 is 42.4 Å². The van der Waals surface area contributed by atoms with Crippen LogP contribution in [-0.4, -0.2) is 55.4 Å². The van der Waals surface area contributed by atoms with E-state index in [0.29, 0.717) is 0 Å². The number of carboxylic acids is 1. The van der Waals surface area contributed by atoms with E-state index in [2.05, 4.69) is 5.32 Å². The fourth-order valence-corrected chi connectivity index (χ4v) is 3.58. The Hall–Kier alpha value is -1.32. The number of carbonyl (C=O) groups excluding carboxylic acids is 2. The smallest absolute Gasteiger partial charge is 0.478 e. The molecule has 0 aromatic heterocycles. The van der Waals surface area contributed by atoms with Crippen molar-refractivity contribution in [3.8, 4) is 0 Å². The van der Waals surface area contributed by atoms with Gasteiger partial charge >= 0.3 is 19.8 Å². The number of rotatable bonds is 9. The van der Waals surface area contributed by atoms with E-state index < -0.39 is 49.3 Å². The van der Waals surface area contributed by atoms with Gasteiger partial charge < -0.3 is 15.2 Å². The van der Waals surface area contributed by atoms with Crippen LogP contribution in [-0.2, 0) is 37.3 Å². The van der Waals surface area contributed by atoms with E-state index in [-0.39, 0.29) is 26.1 Å². The zero-order chi connectivity index (χ0) is 20.9. The van der Waals surface area contributed by atoms with Gasteiger partial charge in [0.15, 0.2) is 5.78 Å². The van der Waals surface area contributed by atoms with Crippen LogP contribution in [0, 0.1) is 10.8 Å². The van der Waals surface area contributed by atoms with E-state index in [1.807, 2.05) is 0 Å². The molecule has 2 atom stereocenters. The predicted octanol–water partition coefficient (Wildman–Crippen LogP) is 1.73. The first-order valence-electron chi connectivity index (χ1n) is 8.47. The summed E-state index contributed by atoms with van der Waals surface area (Å²) in [6.45, 7) is 7.63. The topological polar surface area (TPSA) is 137 Å². The molecule has 27 heavy (non-hydrogen) atoms. The minimum Gasteiger partial charge on any atom is -0.481 e. The molecule has 11 heteroatoms. The van der Waals surface area contributed by atoms with Gasteiger partial charge in [-0.3, -0.25) is 23.4 Å². The van der Waals surface area contributed by atoms with Crippen LogP contribution in [0.25, 0.3) is 0 Å². The van der Waals surface area contributed by atoms with E-state index >= 15 is 0 Å². The Morgan fingerprint density at radius 3 is 2.48 bits per heavy atom. The van der Waals surface area contributed by atoms with Crippen molar-refractivity contribution in [3.05, 3.63) is 0 Å². The van der Waals surface area contributed by atoms with Gasteiger partial charge in [0.2, 0.25) is 6.79 Å². The number of ketones is 1. The fraction of sp³-hybridized carbons (Fsp3) is 0.812. The first-order chi connectivity index (χ1) is 12.3. The van der Waals surface area contributed by atoms with Crippen LogP contribution in [0.15, 0.2) is 0 Å². The Bertz CT molecular complexity index is 612. The highest BCUT2D eigenvalue weighted by molar-refractivity contribution is 7.48. The van der Waals surface area contributed by atoms with Gasteiger partial charge in [0.05, 0.1) is 25.0 Å². The lowest BCUT2D eigenvalue weighted by Crippen LogP contribution is -2.48. The van der Waals surface area contributed by atoms with Crippen LogP contribution in [0.1, 0.15) is 41.0 Å². The molecule has 1 heterocycles. The third-order valence-corrected chi connectivity index (χ3v) is 5.00. The maximum Gasteiger partial charge on any atom is 0.478 e. The lowest BCUT2D eigenvalue weighted by Gasteiger charge is -2.39. The number of hydrogen-bond acceptors (Lipinski definition) is 9. The second kappa shape index (κ2) is 9.25. The molecule has 1 unspecified atom stereocenters. The maximum atomic E-state index is 12.6. The van der Waals surface area contributed by atoms with Crippen LogP contribution in [0.4, 0.5) is 0 Å². The van der Waals surface area contributed by atoms with Crippen LogP contribution < -0.4 is 5.32 Å². The van der Waals surface area contributed by atoms with Gasteiger partial charge in [-0.2, -0.15) is 0 Å². The number of phosphoric ester groups is 1. The molecule has 0 aliphatic carbocycles. The summed E-state index contributed by atoms with van der Waals surface area (Å²) in [5, 5.41) is 11.3. The van der Waals surface area contributed by atoms with Gasteiger partial charge in [-0.1, -0.05) is 13.8 Å². The maximum absolute atomic E-state index is 12.6. The molecule has 0 radical (unpaired) electrons. The highest BCUT2D eigenvalue weighted by Gasteiger charge is 2.48. The molecule has 0 saturated carbocycles. The monoisotopic (exact) mass is 409 g/mol. The quantitative estimate of drug-likeness (QED) is 0.251. The van der Waals surface area contributed by atoms with Crippen molar-refractivity contribution in [2.75, 3.05) is 26.5 Å². The molecule has 0 aromatic carbocycles. The molecule has 10 nitrogen and oxygen atoms in total. The van der Waals surface area contributed by atoms with Crippen molar-refractivity contribution >= 4 is 25.5 Å². The van der Waals surface area contributed by atoms with Crippen molar-refractivity contribution in [2.45, 2.75) is 47.1 Å². The van der Waals surface area contributed by atoms with Crippen LogP contribution >= 0.6 is 7.82 Å². The highest BCUT2D eigenvalue weighted by atomic mass is 31.2. The summed E-state index contributed by atoms with van der Waals surface area (Å²) in [4.78, 5) is 34.6. The molecule has 2 N–H and O–H groups in total. The predicted molar refractivity (Wildman–Crippen MR) is 93.8 cm³/mol. The van der Waals surface area contributed by atoms with Gasteiger partial charge in [-0.25, -0.2) is 9.09 Å². The molecule has 1 fully saturated rings. The van der Waals surface area contributed by atoms with Crippen LogP contribution in [0.2, 0.25) is 0 Å². The summed E-state index contributed by atoms with van der Waals surface area (Å²) in [6, 6.07) is 0. The molecule has 0 bridgehead atoms. The number of aliphatic carboxylic acids is 1. The van der Waals surface area contributed by atoms with Gasteiger partial charge in [0.1, 0.15) is 6.10 Å². The summed E-state index contributed by atoms with van der Waals surface area (Å²) in [5.41, 5.74) is -1.53. The number of hydrogen-bond donors (Lipinski definition) is 2. The van der Waals surface area contributed by atoms with E-state index in [4.69, 9.17) is 23.4 Å². The Kier molecular flexibility index (Phi) is 8.13. The second-order valence-corrected chi connectivity index (χ2v) is 9.53. The summed E-state index contributed by atoms with van der Waals surface area (Å²) in [5.74, 6) is -1.95. The number of esters is 1. The Morgan fingerprint density at radius 1 is 1.30 bits per heavy atom. The number of Topliss-reactive ketones (excluding diaryl/α,β-unsaturated/α-hetero) is 1. The molecule has 156 valence electrons. The van der Waals surface area contributed by atoms with Crippen LogP contribution in [0.3, 0.4) is 0 Å². The first kappa shape index (κ1) is 23.7. The number of phosphoric acid groups is 1. The average molecular weight is 409 g/mol. The Labute approximate surface area is 158 Å². The SMILES string of the molecule is CC(C)(C)C(=O)OCOP1(=O)OCC(C)(C)[C@H](C(=O)CNCCC(=O)O)O1. The molecule has 1 aliphatic heterocycles. The highest BCUT2D eigenvalue weighted by Crippen LogP contribution is 2.57. The lowest BCUT2D eigenvalue weighted by atomic mass is 9.85. The Balaban J connectivity index is 2.62. The van der Waals surface area contributed by atoms with Crippen LogP contribution in [0.5, 0.6) is 0 Å². The largest absolute Gasteiger partial charge is 0.481 e. The zero-order valence-corrected chi connectivity index (χ0v) is 17.2. The third kappa shape index (κ3) is 7.67. The zero-order valence-electron chi connectivity index (χ0n) is 16.3. The standard InChI is InChI=1S/C16H28NO9P/c1-15(2,3)14(21)23-10-25-27(22)24-9-16(4,5)13(26-27)11(18)8-17-7-6-12(19)20/h13,17H,6-10H2,1-5H3,(H,19,20)/t13-,27?/m0/s1. The molecule has 1 rings (SSSR count). The summed E-state index contributed by atoms with van der Waals surface area (Å²) in [7, 11) is -4.09. The van der Waals surface area contributed by atoms with E-state index in [1.54, 1.807) is 34.6 Å². The molecule has 0 amide bonds. The van der Waals surface area contributed by atoms with E-state index in [0.717, 1.165) is 0 Å². The minimum atomic E-state index is -4.09. The van der Waals surface area contributed by atoms with Crippen molar-refractivity contribution in [1.82, 2.24) is 5.32 Å². The van der Waals surface area contributed by atoms with Gasteiger partial charge in [0, 0.05) is 12.0 Å². The average Bonchev–Trinajstić information content (AvgIpc) is 2.53. The summed E-state index contributed by atoms with van der Waals surface area (Å²) < 4.78 is 32.9. The molecule has 1 aliphatic rings. The lowest BCUT2D eigenvalue weighted by molar-refractivity contribution is -0.163. The van der Waals surface area contributed by atoms with E-state index in [1.165, 1.54) is 0 Å². The molecule has 0 aromatic rings. The van der Waals surface area contributed by atoms with Crippen molar-refractivity contribution in [2.24, 2.45) is 10.8 Å². The minimum absolute atomic E-state index is 0.0664. The fourth-order valence-electron chi connectivity index (χ4n) is 2.05. The summed E-state index contributed by atoms with van der Waals surface area (Å²) >= 11 is 0. The number of carboxylic acid groups (broad SMARTS) is 1. The second-order valence-electron chi connectivity index (χ2n) is 7.91. The molecule has 1 saturated heterocycles. The number of ether oxygens (including phenoxy) is 1. The van der Waals surface area contributed by atoms with Gasteiger partial charge in [-0.15, -0.1) is 0 Å². The number of nitrogens with one attached hydrogen (secondary N) is 1. The first-order valence-corrected chi connectivity index (χ1v) is 9.93. The Morgan fingerprint density at radius 2 is 1.93 bits per heavy atom. The van der Waals surface area contributed by atoms with Gasteiger partial charge in [0.25, 0.3) is 0 Å². The third-order valence-electron chi connectivity index (χ3n) is 3.66. The molecule has 0 spiro atoms. The number of carbonyl (C=O) groups is 3. The van der Waals surface area contributed by atoms with E-state index in [9.17, 15) is 18.9 Å². The molecular weight excluding hydrogens is 381 g/mol. The molecular formula is C16H28NO9P. The normalized spacial score (nSPS) is 25.0. The van der Waals surface area contributed by atoms with Crippen molar-refractivity contribution in [3.63, 3.8) is 0 Å².